The molecule has 1 atom stereocenters. The molecule has 4 aliphatic rings. The predicted octanol–water partition coefficient (Wildman–Crippen LogP) is 3.46. The summed E-state index contributed by atoms with van der Waals surface area (Å²) in [6, 6.07) is 16.1. The van der Waals surface area contributed by atoms with Crippen molar-refractivity contribution in [1.82, 2.24) is 30.3 Å². The molecule has 4 aliphatic heterocycles. The number of carbonyl (C=O) groups excluding carboxylic acids is 6. The molecule has 3 N–H and O–H groups in total. The molecule has 0 saturated carbocycles. The molecule has 0 bridgehead atoms. The van der Waals surface area contributed by atoms with Gasteiger partial charge in [-0.25, -0.2) is 0 Å². The van der Waals surface area contributed by atoms with Crippen molar-refractivity contribution in [3.63, 3.8) is 0 Å². The predicted molar refractivity (Wildman–Crippen MR) is 215 cm³/mol. The summed E-state index contributed by atoms with van der Waals surface area (Å²) in [5, 5.41) is 8.50. The van der Waals surface area contributed by atoms with E-state index in [1.807, 2.05) is 52.3 Å². The van der Waals surface area contributed by atoms with Gasteiger partial charge in [0.15, 0.2) is 0 Å². The number of nitrogens with zero attached hydrogens (tertiary/aromatic N) is 5. The highest BCUT2D eigenvalue weighted by Crippen LogP contribution is 2.32. The number of nitrogens with one attached hydrogen (secondary N) is 3. The molecule has 6 amide bonds. The number of pyridine rings is 1. The highest BCUT2D eigenvalue weighted by Gasteiger charge is 2.40. The summed E-state index contributed by atoms with van der Waals surface area (Å²) in [5.41, 5.74) is 4.51. The Labute approximate surface area is 332 Å². The summed E-state index contributed by atoms with van der Waals surface area (Å²) in [6.45, 7) is 4.90. The number of benzene rings is 2. The molecule has 57 heavy (non-hydrogen) atoms. The van der Waals surface area contributed by atoms with Crippen molar-refractivity contribution in [2.24, 2.45) is 5.92 Å². The third-order valence-electron chi connectivity index (χ3n) is 11.5. The highest BCUT2D eigenvalue weighted by atomic mass is 16.2. The third kappa shape index (κ3) is 9.68. The van der Waals surface area contributed by atoms with Gasteiger partial charge in [0.2, 0.25) is 23.6 Å². The van der Waals surface area contributed by atoms with E-state index in [1.165, 1.54) is 11.0 Å². The molecule has 1 aromatic heterocycles. The second-order valence-corrected chi connectivity index (χ2v) is 15.1. The van der Waals surface area contributed by atoms with Gasteiger partial charge in [-0.1, -0.05) is 25.0 Å². The van der Waals surface area contributed by atoms with Gasteiger partial charge in [0.25, 0.3) is 11.8 Å². The molecular formula is C43H50N8O6. The summed E-state index contributed by atoms with van der Waals surface area (Å²) < 4.78 is 0. The highest BCUT2D eigenvalue weighted by molar-refractivity contribution is 6.06. The van der Waals surface area contributed by atoms with Gasteiger partial charge in [0.1, 0.15) is 6.04 Å². The first-order valence-electron chi connectivity index (χ1n) is 20.0. The van der Waals surface area contributed by atoms with Crippen LogP contribution in [-0.4, -0.2) is 114 Å². The van der Waals surface area contributed by atoms with Crippen LogP contribution in [0.4, 0.5) is 11.4 Å². The average Bonchev–Trinajstić information content (AvgIpc) is 3.58. The van der Waals surface area contributed by atoms with Gasteiger partial charge in [0.05, 0.1) is 6.54 Å². The smallest absolute Gasteiger partial charge is 0.255 e. The standard InChI is InChI=1S/C43H50N8O6/c52-38(15-9-31-6-4-19-44-27-31)45-20-2-1-5-30-17-21-50(22-18-30)42(56)32-10-12-33(13-11-32)48-23-25-49(26-24-48)40(54)28-46-36-8-3-7-34-35(36)29-51(43(34)57)37-14-16-39(53)47-41(37)55/h3-4,6-13,15,19,27,30,37,46H,1-2,5,14,16-18,20-26,28-29H2,(H,45,52)(H,47,53,55)/b15-9+. The van der Waals surface area contributed by atoms with Gasteiger partial charge in [-0.2, -0.15) is 0 Å². The van der Waals surface area contributed by atoms with Crippen molar-refractivity contribution in [3.05, 3.63) is 95.3 Å². The summed E-state index contributed by atoms with van der Waals surface area (Å²) in [6.07, 6.45) is 12.2. The van der Waals surface area contributed by atoms with E-state index in [2.05, 4.69) is 25.8 Å². The molecule has 5 heterocycles. The topological polar surface area (TPSA) is 164 Å². The number of likely N-dealkylation sites (tertiary alicyclic amines) is 1. The SMILES string of the molecule is O=C(/C=C/c1cccnc1)NCCCCC1CCN(C(=O)c2ccc(N3CCN(C(=O)CNc4cccc5c4CN(C4CCC(=O)NC4=O)C5=O)CC3)cc2)CC1. The van der Waals surface area contributed by atoms with Crippen molar-refractivity contribution < 1.29 is 28.8 Å². The van der Waals surface area contributed by atoms with Crippen molar-refractivity contribution in [2.45, 2.75) is 57.5 Å². The number of aromatic nitrogens is 1. The maximum Gasteiger partial charge on any atom is 0.255 e. The van der Waals surface area contributed by atoms with E-state index in [9.17, 15) is 28.8 Å². The van der Waals surface area contributed by atoms with Gasteiger partial charge >= 0.3 is 0 Å². The summed E-state index contributed by atoms with van der Waals surface area (Å²) >= 11 is 0. The Morgan fingerprint density at radius 3 is 2.39 bits per heavy atom. The Morgan fingerprint density at radius 2 is 1.65 bits per heavy atom. The molecule has 3 saturated heterocycles. The molecule has 3 fully saturated rings. The number of piperazine rings is 1. The molecule has 2 aromatic carbocycles. The molecule has 1 unspecified atom stereocenters. The van der Waals surface area contributed by atoms with Gasteiger partial charge < -0.3 is 30.2 Å². The number of fused-ring (bicyclic) bond motifs is 1. The fraction of sp³-hybridized carbons (Fsp3) is 0.419. The fourth-order valence-corrected chi connectivity index (χ4v) is 8.15. The summed E-state index contributed by atoms with van der Waals surface area (Å²) in [7, 11) is 0. The summed E-state index contributed by atoms with van der Waals surface area (Å²) in [5.74, 6) is -0.538. The largest absolute Gasteiger partial charge is 0.376 e. The van der Waals surface area contributed by atoms with Gasteiger partial charge in [-0.3, -0.25) is 39.1 Å². The van der Waals surface area contributed by atoms with E-state index in [-0.39, 0.29) is 49.0 Å². The number of carbonyl (C=O) groups is 6. The van der Waals surface area contributed by atoms with Crippen molar-refractivity contribution in [2.75, 3.05) is 62.6 Å². The lowest BCUT2D eigenvalue weighted by atomic mass is 9.91. The van der Waals surface area contributed by atoms with Crippen LogP contribution in [0.1, 0.15) is 76.8 Å². The van der Waals surface area contributed by atoms with E-state index in [0.29, 0.717) is 61.9 Å². The van der Waals surface area contributed by atoms with Gasteiger partial charge in [0, 0.05) is 105 Å². The number of hydrogen-bond donors (Lipinski definition) is 3. The first-order valence-corrected chi connectivity index (χ1v) is 20.0. The lowest BCUT2D eigenvalue weighted by molar-refractivity contribution is -0.137. The van der Waals surface area contributed by atoms with E-state index < -0.39 is 11.9 Å². The Kier molecular flexibility index (Phi) is 12.6. The van der Waals surface area contributed by atoms with Gasteiger partial charge in [-0.05, 0) is 85.7 Å². The molecule has 14 heteroatoms. The molecule has 3 aromatic rings. The number of rotatable bonds is 13. The normalized spacial score (nSPS) is 18.8. The molecule has 0 radical (unpaired) electrons. The van der Waals surface area contributed by atoms with Gasteiger partial charge in [-0.15, -0.1) is 0 Å². The van der Waals surface area contributed by atoms with Crippen LogP contribution in [0, 0.1) is 5.92 Å². The number of imide groups is 1. The van der Waals surface area contributed by atoms with E-state index >= 15 is 0 Å². The Morgan fingerprint density at radius 1 is 0.860 bits per heavy atom. The van der Waals surface area contributed by atoms with E-state index in [1.54, 1.807) is 30.6 Å². The first kappa shape index (κ1) is 39.2. The van der Waals surface area contributed by atoms with Crippen LogP contribution in [0.15, 0.2) is 73.1 Å². The number of amides is 6. The molecule has 14 nitrogen and oxygen atoms in total. The minimum Gasteiger partial charge on any atom is -0.376 e. The van der Waals surface area contributed by atoms with Crippen LogP contribution in [0.5, 0.6) is 0 Å². The first-order chi connectivity index (χ1) is 27.7. The number of piperidine rings is 2. The van der Waals surface area contributed by atoms with Crippen LogP contribution in [0.3, 0.4) is 0 Å². The van der Waals surface area contributed by atoms with Crippen molar-refractivity contribution in [3.8, 4) is 0 Å². The number of unbranched alkanes of at least 4 members (excludes halogenated alkanes) is 1. The van der Waals surface area contributed by atoms with E-state index in [4.69, 9.17) is 0 Å². The average molecular weight is 775 g/mol. The van der Waals surface area contributed by atoms with Crippen LogP contribution in [0.25, 0.3) is 6.08 Å². The molecular weight excluding hydrogens is 725 g/mol. The third-order valence-corrected chi connectivity index (χ3v) is 11.5. The fourth-order valence-electron chi connectivity index (χ4n) is 8.15. The van der Waals surface area contributed by atoms with Crippen LogP contribution in [0.2, 0.25) is 0 Å². The van der Waals surface area contributed by atoms with Crippen LogP contribution >= 0.6 is 0 Å². The zero-order chi connectivity index (χ0) is 39.7. The maximum atomic E-state index is 13.3. The zero-order valence-electron chi connectivity index (χ0n) is 32.2. The Bertz CT molecular complexity index is 1990. The monoisotopic (exact) mass is 774 g/mol. The van der Waals surface area contributed by atoms with Crippen molar-refractivity contribution >= 4 is 52.9 Å². The lowest BCUT2D eigenvalue weighted by Gasteiger charge is -2.36. The quantitative estimate of drug-likeness (QED) is 0.134. The molecule has 0 aliphatic carbocycles. The second-order valence-electron chi connectivity index (χ2n) is 15.1. The van der Waals surface area contributed by atoms with E-state index in [0.717, 1.165) is 62.0 Å². The van der Waals surface area contributed by atoms with Crippen LogP contribution < -0.4 is 20.9 Å². The molecule has 7 rings (SSSR count). The minimum absolute atomic E-state index is 0.0436. The Hall–Kier alpha value is -6.05. The maximum absolute atomic E-state index is 13.3. The molecule has 0 spiro atoms. The van der Waals surface area contributed by atoms with Crippen molar-refractivity contribution in [1.29, 1.82) is 0 Å². The molecule has 298 valence electrons. The minimum atomic E-state index is -0.697. The Balaban J connectivity index is 0.795. The number of anilines is 2. The second kappa shape index (κ2) is 18.3. The van der Waals surface area contributed by atoms with Crippen LogP contribution in [-0.2, 0) is 25.7 Å². The zero-order valence-corrected chi connectivity index (χ0v) is 32.2. The summed E-state index contributed by atoms with van der Waals surface area (Å²) in [4.78, 5) is 87.4. The number of hydrogen-bond acceptors (Lipinski definition) is 9. The lowest BCUT2D eigenvalue weighted by Crippen LogP contribution is -2.52.